The Morgan fingerprint density at radius 1 is 1.27 bits per heavy atom. The van der Waals surface area contributed by atoms with Gasteiger partial charge in [0.05, 0.1) is 5.57 Å². The molecule has 1 saturated heterocycles. The van der Waals surface area contributed by atoms with Crippen molar-refractivity contribution in [1.82, 2.24) is 0 Å². The summed E-state index contributed by atoms with van der Waals surface area (Å²) in [5, 5.41) is -0.533. The SMILES string of the molecule is CC1=C2C(=O)OC(=O)C2Sc2cc3c(cc21)CCC(C)(C)O3. The predicted molar refractivity (Wildman–Crippen MR) is 82.8 cm³/mol. The Labute approximate surface area is 132 Å². The average Bonchev–Trinajstić information content (AvgIpc) is 2.71. The molecule has 0 saturated carbocycles. The van der Waals surface area contributed by atoms with E-state index in [1.165, 1.54) is 11.8 Å². The molecule has 0 amide bonds. The third kappa shape index (κ3) is 1.92. The van der Waals surface area contributed by atoms with E-state index < -0.39 is 17.2 Å². The lowest BCUT2D eigenvalue weighted by Gasteiger charge is -2.34. The maximum Gasteiger partial charge on any atom is 0.343 e. The molecule has 114 valence electrons. The second-order valence-corrected chi connectivity index (χ2v) is 7.71. The summed E-state index contributed by atoms with van der Waals surface area (Å²) in [6, 6.07) is 4.11. The number of thioether (sulfide) groups is 1. The van der Waals surface area contributed by atoms with Crippen LogP contribution in [-0.2, 0) is 20.7 Å². The van der Waals surface area contributed by atoms with Crippen molar-refractivity contribution >= 4 is 29.3 Å². The maximum absolute atomic E-state index is 11.9. The van der Waals surface area contributed by atoms with Crippen LogP contribution in [0.15, 0.2) is 22.6 Å². The first-order valence-electron chi connectivity index (χ1n) is 7.35. The number of fused-ring (bicyclic) bond motifs is 3. The standard InChI is InChI=1S/C17H16O4S/c1-8-10-6-9-4-5-17(2,3)21-11(9)7-12(10)22-14-13(8)15(18)20-16(14)19/h6-7,14H,4-5H2,1-3H3. The van der Waals surface area contributed by atoms with Gasteiger partial charge < -0.3 is 9.47 Å². The summed E-state index contributed by atoms with van der Waals surface area (Å²) < 4.78 is 10.8. The first-order valence-corrected chi connectivity index (χ1v) is 8.23. The molecule has 5 heteroatoms. The molecule has 1 aromatic carbocycles. The highest BCUT2D eigenvalue weighted by molar-refractivity contribution is 8.01. The summed E-state index contributed by atoms with van der Waals surface area (Å²) in [4.78, 5) is 24.7. The van der Waals surface area contributed by atoms with E-state index in [2.05, 4.69) is 19.9 Å². The van der Waals surface area contributed by atoms with Crippen LogP contribution in [-0.4, -0.2) is 22.8 Å². The number of allylic oxidation sites excluding steroid dienone is 1. The Morgan fingerprint density at radius 2 is 2.05 bits per heavy atom. The molecule has 4 nitrogen and oxygen atoms in total. The zero-order valence-electron chi connectivity index (χ0n) is 12.7. The molecule has 0 aliphatic carbocycles. The highest BCUT2D eigenvalue weighted by atomic mass is 32.2. The van der Waals surface area contributed by atoms with Crippen LogP contribution in [0, 0.1) is 0 Å². The Morgan fingerprint density at radius 3 is 2.82 bits per heavy atom. The lowest BCUT2D eigenvalue weighted by Crippen LogP contribution is -2.32. The van der Waals surface area contributed by atoms with Gasteiger partial charge in [-0.2, -0.15) is 0 Å². The third-order valence-electron chi connectivity index (χ3n) is 4.49. The van der Waals surface area contributed by atoms with E-state index in [9.17, 15) is 9.59 Å². The van der Waals surface area contributed by atoms with E-state index in [0.717, 1.165) is 40.2 Å². The molecule has 1 atom stereocenters. The first-order chi connectivity index (χ1) is 10.4. The summed E-state index contributed by atoms with van der Waals surface area (Å²) in [5.74, 6) is -0.0776. The van der Waals surface area contributed by atoms with E-state index in [1.807, 2.05) is 13.0 Å². The van der Waals surface area contributed by atoms with Gasteiger partial charge in [-0.15, -0.1) is 11.8 Å². The van der Waals surface area contributed by atoms with Crippen molar-refractivity contribution in [3.63, 3.8) is 0 Å². The number of benzene rings is 1. The third-order valence-corrected chi connectivity index (χ3v) is 5.74. The second-order valence-electron chi connectivity index (χ2n) is 6.56. The molecule has 1 unspecified atom stereocenters. The molecule has 4 rings (SSSR count). The van der Waals surface area contributed by atoms with Crippen LogP contribution in [0.4, 0.5) is 0 Å². The molecule has 3 heterocycles. The lowest BCUT2D eigenvalue weighted by molar-refractivity contribution is -0.150. The molecule has 22 heavy (non-hydrogen) atoms. The number of carbonyl (C=O) groups is 2. The van der Waals surface area contributed by atoms with Crippen LogP contribution < -0.4 is 4.74 Å². The van der Waals surface area contributed by atoms with E-state index in [-0.39, 0.29) is 5.60 Å². The summed E-state index contributed by atoms with van der Waals surface area (Å²) in [7, 11) is 0. The van der Waals surface area contributed by atoms with Crippen molar-refractivity contribution in [3.8, 4) is 5.75 Å². The minimum atomic E-state index is -0.533. The number of hydrogen-bond acceptors (Lipinski definition) is 5. The van der Waals surface area contributed by atoms with E-state index in [4.69, 9.17) is 9.47 Å². The monoisotopic (exact) mass is 316 g/mol. The number of rotatable bonds is 0. The Hall–Kier alpha value is -1.75. The number of cyclic esters (lactones) is 2. The average molecular weight is 316 g/mol. The zero-order valence-corrected chi connectivity index (χ0v) is 13.5. The molecule has 0 bridgehead atoms. The first kappa shape index (κ1) is 13.9. The minimum Gasteiger partial charge on any atom is -0.488 e. The van der Waals surface area contributed by atoms with Crippen LogP contribution in [0.25, 0.3) is 5.57 Å². The Balaban J connectivity index is 1.86. The van der Waals surface area contributed by atoms with E-state index in [0.29, 0.717) is 5.57 Å². The molecule has 1 fully saturated rings. The van der Waals surface area contributed by atoms with Gasteiger partial charge in [0.1, 0.15) is 16.6 Å². The fourth-order valence-electron chi connectivity index (χ4n) is 3.22. The summed E-state index contributed by atoms with van der Waals surface area (Å²) >= 11 is 1.38. The molecule has 0 radical (unpaired) electrons. The zero-order chi connectivity index (χ0) is 15.6. The van der Waals surface area contributed by atoms with Gasteiger partial charge in [-0.05, 0) is 62.4 Å². The molecule has 1 aromatic rings. The highest BCUT2D eigenvalue weighted by Crippen LogP contribution is 2.48. The molecule has 3 aliphatic heterocycles. The summed E-state index contributed by atoms with van der Waals surface area (Å²) in [5.41, 5.74) is 3.36. The van der Waals surface area contributed by atoms with Gasteiger partial charge in [0.2, 0.25) is 0 Å². The fourth-order valence-corrected chi connectivity index (χ4v) is 4.53. The topological polar surface area (TPSA) is 52.6 Å². The van der Waals surface area contributed by atoms with Crippen molar-refractivity contribution < 1.29 is 19.1 Å². The van der Waals surface area contributed by atoms with Crippen molar-refractivity contribution in [2.75, 3.05) is 0 Å². The van der Waals surface area contributed by atoms with Crippen LogP contribution in [0.5, 0.6) is 5.75 Å². The van der Waals surface area contributed by atoms with Crippen LogP contribution in [0.3, 0.4) is 0 Å². The smallest absolute Gasteiger partial charge is 0.343 e. The Bertz CT molecular complexity index is 760. The van der Waals surface area contributed by atoms with Crippen LogP contribution in [0.2, 0.25) is 0 Å². The molecule has 0 aromatic heterocycles. The van der Waals surface area contributed by atoms with Crippen molar-refractivity contribution in [1.29, 1.82) is 0 Å². The van der Waals surface area contributed by atoms with Crippen molar-refractivity contribution in [2.24, 2.45) is 0 Å². The van der Waals surface area contributed by atoms with Crippen molar-refractivity contribution in [2.45, 2.75) is 49.4 Å². The van der Waals surface area contributed by atoms with E-state index in [1.54, 1.807) is 0 Å². The van der Waals surface area contributed by atoms with Gasteiger partial charge in [0, 0.05) is 4.90 Å². The van der Waals surface area contributed by atoms with E-state index >= 15 is 0 Å². The number of aryl methyl sites for hydroxylation is 1. The van der Waals surface area contributed by atoms with Gasteiger partial charge in [-0.3, -0.25) is 0 Å². The molecular weight excluding hydrogens is 300 g/mol. The normalized spacial score (nSPS) is 25.1. The minimum absolute atomic E-state index is 0.168. The van der Waals surface area contributed by atoms with Gasteiger partial charge in [-0.1, -0.05) is 0 Å². The van der Waals surface area contributed by atoms with Crippen LogP contribution >= 0.6 is 11.8 Å². The second kappa shape index (κ2) is 4.38. The Kier molecular flexibility index (Phi) is 2.77. The summed E-state index contributed by atoms with van der Waals surface area (Å²) in [6.07, 6.45) is 1.92. The number of ether oxygens (including phenoxy) is 2. The van der Waals surface area contributed by atoms with Crippen molar-refractivity contribution in [3.05, 3.63) is 28.8 Å². The highest BCUT2D eigenvalue weighted by Gasteiger charge is 2.44. The molecule has 0 spiro atoms. The van der Waals surface area contributed by atoms with Crippen LogP contribution in [0.1, 0.15) is 38.3 Å². The molecule has 3 aliphatic rings. The number of esters is 2. The lowest BCUT2D eigenvalue weighted by atomic mass is 9.91. The number of carbonyl (C=O) groups excluding carboxylic acids is 2. The summed E-state index contributed by atoms with van der Waals surface area (Å²) in [6.45, 7) is 6.05. The number of hydrogen-bond donors (Lipinski definition) is 0. The molecular formula is C17H16O4S. The molecule has 0 N–H and O–H groups in total. The predicted octanol–water partition coefficient (Wildman–Crippen LogP) is 3.12. The van der Waals surface area contributed by atoms with Gasteiger partial charge >= 0.3 is 11.9 Å². The van der Waals surface area contributed by atoms with Gasteiger partial charge in [0.25, 0.3) is 0 Å². The largest absolute Gasteiger partial charge is 0.488 e. The van der Waals surface area contributed by atoms with Gasteiger partial charge in [-0.25, -0.2) is 9.59 Å². The van der Waals surface area contributed by atoms with Gasteiger partial charge in [0.15, 0.2) is 0 Å². The maximum atomic E-state index is 11.9. The quantitative estimate of drug-likeness (QED) is 0.544. The fraction of sp³-hybridized carbons (Fsp3) is 0.412.